The van der Waals surface area contributed by atoms with Crippen LogP contribution in [0.3, 0.4) is 0 Å². The Hall–Kier alpha value is -1.90. The van der Waals surface area contributed by atoms with Crippen molar-refractivity contribution in [2.75, 3.05) is 30.3 Å². The van der Waals surface area contributed by atoms with Crippen LogP contribution in [-0.2, 0) is 15.8 Å². The topological polar surface area (TPSA) is 96.0 Å². The number of nitrogens with zero attached hydrogens (tertiary/aromatic N) is 2. The van der Waals surface area contributed by atoms with Gasteiger partial charge in [-0.3, -0.25) is 0 Å². The fraction of sp³-hybridized carbons (Fsp3) is 0.375. The molecule has 0 amide bonds. The first-order valence-electron chi connectivity index (χ1n) is 7.93. The summed E-state index contributed by atoms with van der Waals surface area (Å²) in [5.41, 5.74) is 1.48. The largest absolute Gasteiger partial charge is 0.369 e. The van der Waals surface area contributed by atoms with Crippen molar-refractivity contribution in [2.45, 2.75) is 19.6 Å². The van der Waals surface area contributed by atoms with E-state index >= 15 is 0 Å². The van der Waals surface area contributed by atoms with Gasteiger partial charge in [-0.05, 0) is 31.5 Å². The summed E-state index contributed by atoms with van der Waals surface area (Å²) in [5, 5.41) is 6.66. The summed E-state index contributed by atoms with van der Waals surface area (Å²) >= 11 is 5.87. The molecule has 3 N–H and O–H groups in total. The zero-order chi connectivity index (χ0) is 18.3. The van der Waals surface area contributed by atoms with E-state index in [4.69, 9.17) is 11.6 Å². The first kappa shape index (κ1) is 19.4. The number of nitrogens with one attached hydrogen (secondary N) is 3. The van der Waals surface area contributed by atoms with Crippen LogP contribution >= 0.6 is 11.6 Å². The molecule has 0 fully saturated rings. The highest BCUT2D eigenvalue weighted by Gasteiger charge is 2.11. The molecule has 0 aliphatic carbocycles. The maximum absolute atomic E-state index is 12.1. The minimum atomic E-state index is -3.42. The van der Waals surface area contributed by atoms with E-state index in [9.17, 15) is 8.42 Å². The van der Waals surface area contributed by atoms with Crippen LogP contribution in [0.25, 0.3) is 0 Å². The second-order valence-electron chi connectivity index (χ2n) is 5.46. The van der Waals surface area contributed by atoms with Crippen LogP contribution in [0.5, 0.6) is 0 Å². The summed E-state index contributed by atoms with van der Waals surface area (Å²) in [6.07, 6.45) is 0. The summed E-state index contributed by atoms with van der Waals surface area (Å²) in [7, 11) is -3.42. The molecule has 2 aromatic rings. The van der Waals surface area contributed by atoms with Crippen molar-refractivity contribution in [3.8, 4) is 0 Å². The third-order valence-electron chi connectivity index (χ3n) is 3.19. The Balaban J connectivity index is 1.84. The summed E-state index contributed by atoms with van der Waals surface area (Å²) < 4.78 is 26.8. The zero-order valence-electron chi connectivity index (χ0n) is 14.2. The van der Waals surface area contributed by atoms with Crippen molar-refractivity contribution >= 4 is 33.4 Å². The van der Waals surface area contributed by atoms with E-state index in [0.717, 1.165) is 12.2 Å². The van der Waals surface area contributed by atoms with E-state index in [-0.39, 0.29) is 12.3 Å². The van der Waals surface area contributed by atoms with E-state index in [1.807, 2.05) is 13.8 Å². The molecule has 0 atom stereocenters. The summed E-state index contributed by atoms with van der Waals surface area (Å²) in [5.74, 6) is 1.09. The molecule has 0 aliphatic heterocycles. The summed E-state index contributed by atoms with van der Waals surface area (Å²) in [6, 6.07) is 8.62. The molecule has 0 saturated heterocycles. The van der Waals surface area contributed by atoms with Gasteiger partial charge in [0, 0.05) is 36.4 Å². The van der Waals surface area contributed by atoms with Gasteiger partial charge in [-0.15, -0.1) is 0 Å². The second kappa shape index (κ2) is 8.98. The quantitative estimate of drug-likeness (QED) is 0.575. The highest BCUT2D eigenvalue weighted by Crippen LogP contribution is 2.13. The molecule has 7 nitrogen and oxygen atoms in total. The molecular formula is C16H22ClN5O2S. The SMILES string of the molecule is CCNc1nc(C)cc(NCCNS(=O)(=O)Cc2cccc(Cl)c2)n1. The van der Waals surface area contributed by atoms with Gasteiger partial charge < -0.3 is 10.6 Å². The number of aromatic nitrogens is 2. The van der Waals surface area contributed by atoms with Crippen LogP contribution in [-0.4, -0.2) is 38.0 Å². The second-order valence-corrected chi connectivity index (χ2v) is 7.70. The Morgan fingerprint density at radius 1 is 1.12 bits per heavy atom. The molecule has 0 saturated carbocycles. The fourth-order valence-corrected chi connectivity index (χ4v) is 3.54. The maximum atomic E-state index is 12.1. The van der Waals surface area contributed by atoms with E-state index in [2.05, 4.69) is 25.3 Å². The number of benzene rings is 1. The van der Waals surface area contributed by atoms with Crippen LogP contribution in [0.1, 0.15) is 18.2 Å². The molecule has 2 rings (SSSR count). The van der Waals surface area contributed by atoms with Crippen LogP contribution in [0, 0.1) is 6.92 Å². The lowest BCUT2D eigenvalue weighted by Gasteiger charge is -2.10. The normalized spacial score (nSPS) is 11.3. The van der Waals surface area contributed by atoms with E-state index in [1.165, 1.54) is 0 Å². The van der Waals surface area contributed by atoms with Gasteiger partial charge in [0.25, 0.3) is 0 Å². The van der Waals surface area contributed by atoms with Gasteiger partial charge in [0.15, 0.2) is 0 Å². The van der Waals surface area contributed by atoms with Crippen LogP contribution in [0.15, 0.2) is 30.3 Å². The molecule has 0 spiro atoms. The Kier molecular flexibility index (Phi) is 6.98. The highest BCUT2D eigenvalue weighted by molar-refractivity contribution is 7.88. The number of hydrogen-bond donors (Lipinski definition) is 3. The number of sulfonamides is 1. The number of aryl methyl sites for hydroxylation is 1. The molecule has 0 bridgehead atoms. The fourth-order valence-electron chi connectivity index (χ4n) is 2.19. The van der Waals surface area contributed by atoms with Gasteiger partial charge in [0.05, 0.1) is 5.75 Å². The predicted octanol–water partition coefficient (Wildman–Crippen LogP) is 2.40. The third kappa shape index (κ3) is 6.85. The Bertz CT molecular complexity index is 814. The Morgan fingerprint density at radius 2 is 1.92 bits per heavy atom. The van der Waals surface area contributed by atoms with Crippen molar-refractivity contribution in [3.05, 3.63) is 46.6 Å². The molecule has 9 heteroatoms. The maximum Gasteiger partial charge on any atom is 0.224 e. The van der Waals surface area contributed by atoms with Crippen molar-refractivity contribution in [3.63, 3.8) is 0 Å². The van der Waals surface area contributed by atoms with Crippen molar-refractivity contribution in [1.29, 1.82) is 0 Å². The molecule has 25 heavy (non-hydrogen) atoms. The summed E-state index contributed by atoms with van der Waals surface area (Å²) in [6.45, 7) is 5.24. The van der Waals surface area contributed by atoms with Gasteiger partial charge in [-0.2, -0.15) is 4.98 Å². The monoisotopic (exact) mass is 383 g/mol. The van der Waals surface area contributed by atoms with E-state index in [1.54, 1.807) is 30.3 Å². The molecule has 1 aromatic carbocycles. The zero-order valence-corrected chi connectivity index (χ0v) is 15.8. The molecule has 0 radical (unpaired) electrons. The third-order valence-corrected chi connectivity index (χ3v) is 4.78. The lowest BCUT2D eigenvalue weighted by Crippen LogP contribution is -2.30. The Morgan fingerprint density at radius 3 is 2.64 bits per heavy atom. The average molecular weight is 384 g/mol. The van der Waals surface area contributed by atoms with Crippen LogP contribution < -0.4 is 15.4 Å². The van der Waals surface area contributed by atoms with E-state index < -0.39 is 10.0 Å². The van der Waals surface area contributed by atoms with Crippen LogP contribution in [0.4, 0.5) is 11.8 Å². The minimum Gasteiger partial charge on any atom is -0.369 e. The number of anilines is 2. The van der Waals surface area contributed by atoms with E-state index in [0.29, 0.717) is 28.9 Å². The smallest absolute Gasteiger partial charge is 0.224 e. The number of rotatable bonds is 9. The van der Waals surface area contributed by atoms with Gasteiger partial charge in [0.2, 0.25) is 16.0 Å². The minimum absolute atomic E-state index is 0.106. The van der Waals surface area contributed by atoms with Gasteiger partial charge in [0.1, 0.15) is 5.82 Å². The molecule has 1 aromatic heterocycles. The van der Waals surface area contributed by atoms with Crippen molar-refractivity contribution in [1.82, 2.24) is 14.7 Å². The van der Waals surface area contributed by atoms with Gasteiger partial charge in [-0.25, -0.2) is 18.1 Å². The van der Waals surface area contributed by atoms with Gasteiger partial charge in [-0.1, -0.05) is 23.7 Å². The standard InChI is InChI=1S/C16H22ClN5O2S/c1-3-18-16-21-12(2)9-15(22-16)19-7-8-20-25(23,24)11-13-5-4-6-14(17)10-13/h4-6,9-10,20H,3,7-8,11H2,1-2H3,(H2,18,19,21,22). The summed E-state index contributed by atoms with van der Waals surface area (Å²) in [4.78, 5) is 8.57. The first-order chi connectivity index (χ1) is 11.9. The molecule has 0 unspecified atom stereocenters. The van der Waals surface area contributed by atoms with Crippen molar-refractivity contribution < 1.29 is 8.42 Å². The molecular weight excluding hydrogens is 362 g/mol. The predicted molar refractivity (Wildman–Crippen MR) is 102 cm³/mol. The molecule has 0 aliphatic rings. The van der Waals surface area contributed by atoms with Crippen molar-refractivity contribution in [2.24, 2.45) is 0 Å². The van der Waals surface area contributed by atoms with Gasteiger partial charge >= 0.3 is 0 Å². The van der Waals surface area contributed by atoms with Crippen LogP contribution in [0.2, 0.25) is 5.02 Å². The lowest BCUT2D eigenvalue weighted by atomic mass is 10.2. The molecule has 1 heterocycles. The first-order valence-corrected chi connectivity index (χ1v) is 9.96. The number of hydrogen-bond acceptors (Lipinski definition) is 6. The lowest BCUT2D eigenvalue weighted by molar-refractivity contribution is 0.582. The molecule has 136 valence electrons. The number of halogens is 1. The average Bonchev–Trinajstić information content (AvgIpc) is 2.51. The Labute approximate surface area is 153 Å². The highest BCUT2D eigenvalue weighted by atomic mass is 35.5.